The number of quaternary nitrogens is 1. The fraction of sp³-hybridized carbons (Fsp3) is 0.583. The van der Waals surface area contributed by atoms with Crippen LogP contribution in [0, 0.1) is 5.41 Å². The summed E-state index contributed by atoms with van der Waals surface area (Å²) in [5, 5.41) is 4.45. The quantitative estimate of drug-likeness (QED) is 0.657. The van der Waals surface area contributed by atoms with Crippen LogP contribution in [0.5, 0.6) is 0 Å². The van der Waals surface area contributed by atoms with Gasteiger partial charge in [0.2, 0.25) is 12.1 Å². The number of carbonyl (C=O) groups excluding carboxylic acids is 1. The van der Waals surface area contributed by atoms with E-state index in [0.717, 1.165) is 5.76 Å². The van der Waals surface area contributed by atoms with Gasteiger partial charge in [-0.05, 0) is 12.1 Å². The van der Waals surface area contributed by atoms with Crippen LogP contribution < -0.4 is 10.6 Å². The van der Waals surface area contributed by atoms with Gasteiger partial charge in [0, 0.05) is 5.41 Å². The van der Waals surface area contributed by atoms with Gasteiger partial charge in [0.05, 0.1) is 6.26 Å². The van der Waals surface area contributed by atoms with E-state index in [0.29, 0.717) is 6.54 Å². The average Bonchev–Trinajstić information content (AvgIpc) is 2.73. The molecule has 1 rings (SSSR count). The van der Waals surface area contributed by atoms with E-state index < -0.39 is 15.4 Å². The van der Waals surface area contributed by atoms with E-state index in [9.17, 15) is 4.79 Å². The summed E-state index contributed by atoms with van der Waals surface area (Å²) in [4.78, 5) is 12.0. The molecule has 19 heavy (non-hydrogen) atoms. The van der Waals surface area contributed by atoms with Crippen molar-refractivity contribution in [2.24, 2.45) is 5.41 Å². The number of rotatable bonds is 4. The fourth-order valence-electron chi connectivity index (χ4n) is 1.29. The van der Waals surface area contributed by atoms with E-state index in [1.807, 2.05) is 6.07 Å². The second kappa shape index (κ2) is 6.35. The Kier molecular flexibility index (Phi) is 5.56. The van der Waals surface area contributed by atoms with Gasteiger partial charge in [0.25, 0.3) is 3.79 Å². The molecule has 0 aromatic carbocycles. The molecule has 0 radical (unpaired) electrons. The van der Waals surface area contributed by atoms with Crippen LogP contribution in [0.1, 0.15) is 26.5 Å². The van der Waals surface area contributed by atoms with Gasteiger partial charge >= 0.3 is 0 Å². The molecule has 108 valence electrons. The number of hydrogen-bond donors (Lipinski definition) is 2. The second-order valence-corrected chi connectivity index (χ2v) is 7.63. The van der Waals surface area contributed by atoms with Crippen LogP contribution in [0.4, 0.5) is 0 Å². The van der Waals surface area contributed by atoms with Crippen molar-refractivity contribution in [3.63, 3.8) is 0 Å². The summed E-state index contributed by atoms with van der Waals surface area (Å²) in [6, 6.07) is 3.60. The van der Waals surface area contributed by atoms with Gasteiger partial charge in [-0.2, -0.15) is 0 Å². The maximum atomic E-state index is 12.0. The molecule has 1 aromatic rings. The Bertz CT molecular complexity index is 408. The highest BCUT2D eigenvalue weighted by Gasteiger charge is 2.39. The first-order valence-electron chi connectivity index (χ1n) is 5.84. The number of amides is 1. The molecule has 1 unspecified atom stereocenters. The van der Waals surface area contributed by atoms with Gasteiger partial charge in [0.15, 0.2) is 5.76 Å². The molecular weight excluding hydrogens is 311 g/mol. The minimum absolute atomic E-state index is 0.181. The highest BCUT2D eigenvalue weighted by Crippen LogP contribution is 2.28. The summed E-state index contributed by atoms with van der Waals surface area (Å²) >= 11 is 17.7. The third kappa shape index (κ3) is 5.61. The summed E-state index contributed by atoms with van der Waals surface area (Å²) in [5.74, 6) is 0.559. The van der Waals surface area contributed by atoms with E-state index in [1.54, 1.807) is 38.4 Å². The maximum Gasteiger partial charge on any atom is 0.262 e. The summed E-state index contributed by atoms with van der Waals surface area (Å²) in [7, 11) is 0. The van der Waals surface area contributed by atoms with Gasteiger partial charge in [0.1, 0.15) is 6.54 Å². The van der Waals surface area contributed by atoms with Gasteiger partial charge in [-0.1, -0.05) is 55.6 Å². The van der Waals surface area contributed by atoms with E-state index >= 15 is 0 Å². The van der Waals surface area contributed by atoms with Crippen LogP contribution in [-0.2, 0) is 11.3 Å². The average molecular weight is 329 g/mol. The molecule has 0 bridgehead atoms. The molecule has 1 aromatic heterocycles. The molecule has 0 spiro atoms. The summed E-state index contributed by atoms with van der Waals surface area (Å²) in [5.41, 5.74) is -0.549. The SMILES string of the molecule is CC(C)(C)C(=O)NC([NH2+]Cc1ccco1)C(Cl)(Cl)Cl. The summed E-state index contributed by atoms with van der Waals surface area (Å²) in [6.07, 6.45) is 0.885. The Morgan fingerprint density at radius 1 is 1.42 bits per heavy atom. The molecule has 0 aliphatic carbocycles. The predicted octanol–water partition coefficient (Wildman–Crippen LogP) is 2.20. The highest BCUT2D eigenvalue weighted by atomic mass is 35.6. The maximum absolute atomic E-state index is 12.0. The Morgan fingerprint density at radius 3 is 2.47 bits per heavy atom. The van der Waals surface area contributed by atoms with Crippen LogP contribution in [0.15, 0.2) is 22.8 Å². The molecule has 1 amide bonds. The fourth-order valence-corrected chi connectivity index (χ4v) is 1.73. The zero-order valence-corrected chi connectivity index (χ0v) is 13.3. The number of furan rings is 1. The molecule has 0 saturated heterocycles. The van der Waals surface area contributed by atoms with Crippen LogP contribution >= 0.6 is 34.8 Å². The molecule has 0 aliphatic heterocycles. The van der Waals surface area contributed by atoms with Crippen LogP contribution in [0.3, 0.4) is 0 Å². The molecule has 1 atom stereocenters. The van der Waals surface area contributed by atoms with E-state index in [-0.39, 0.29) is 5.91 Å². The Balaban J connectivity index is 2.65. The zero-order valence-electron chi connectivity index (χ0n) is 11.0. The minimum atomic E-state index is -1.60. The third-order valence-electron chi connectivity index (χ3n) is 2.46. The lowest BCUT2D eigenvalue weighted by Gasteiger charge is -2.26. The first-order valence-corrected chi connectivity index (χ1v) is 6.97. The predicted molar refractivity (Wildman–Crippen MR) is 76.0 cm³/mol. The largest absolute Gasteiger partial charge is 0.463 e. The summed E-state index contributed by atoms with van der Waals surface area (Å²) in [6.45, 7) is 5.86. The van der Waals surface area contributed by atoms with Crippen molar-refractivity contribution in [1.82, 2.24) is 5.32 Å². The first-order chi connectivity index (χ1) is 8.60. The van der Waals surface area contributed by atoms with Crippen molar-refractivity contribution >= 4 is 40.7 Å². The van der Waals surface area contributed by atoms with Gasteiger partial charge in [-0.3, -0.25) is 4.79 Å². The monoisotopic (exact) mass is 327 g/mol. The molecule has 0 aliphatic rings. The molecular formula is C12H18Cl3N2O2+. The standard InChI is InChI=1S/C12H17Cl3N2O2/c1-11(2,3)10(18)17-9(12(13,14)15)16-7-8-5-4-6-19-8/h4-6,9,16H,7H2,1-3H3,(H,17,18)/p+1. The molecule has 4 nitrogen and oxygen atoms in total. The zero-order chi connectivity index (χ0) is 14.7. The van der Waals surface area contributed by atoms with Crippen molar-refractivity contribution in [2.75, 3.05) is 0 Å². The second-order valence-electron chi connectivity index (χ2n) is 5.26. The van der Waals surface area contributed by atoms with Crippen molar-refractivity contribution in [2.45, 2.75) is 37.3 Å². The van der Waals surface area contributed by atoms with Crippen molar-refractivity contribution in [3.05, 3.63) is 24.2 Å². The topological polar surface area (TPSA) is 58.9 Å². The van der Waals surface area contributed by atoms with E-state index in [1.165, 1.54) is 0 Å². The minimum Gasteiger partial charge on any atom is -0.463 e. The van der Waals surface area contributed by atoms with E-state index in [4.69, 9.17) is 39.2 Å². The summed E-state index contributed by atoms with van der Waals surface area (Å²) < 4.78 is 3.59. The number of alkyl halides is 3. The van der Waals surface area contributed by atoms with Gasteiger partial charge in [-0.25, -0.2) is 0 Å². The van der Waals surface area contributed by atoms with E-state index in [2.05, 4.69) is 5.32 Å². The molecule has 0 fully saturated rings. The lowest BCUT2D eigenvalue weighted by atomic mass is 9.95. The van der Waals surface area contributed by atoms with Crippen molar-refractivity contribution < 1.29 is 14.5 Å². The van der Waals surface area contributed by atoms with Gasteiger partial charge in [-0.15, -0.1) is 0 Å². The van der Waals surface area contributed by atoms with Crippen molar-refractivity contribution in [3.8, 4) is 0 Å². The van der Waals surface area contributed by atoms with Crippen LogP contribution in [0.25, 0.3) is 0 Å². The molecule has 0 saturated carbocycles. The molecule has 3 N–H and O–H groups in total. The lowest BCUT2D eigenvalue weighted by molar-refractivity contribution is -0.708. The van der Waals surface area contributed by atoms with Crippen LogP contribution in [0.2, 0.25) is 0 Å². The number of hydrogen-bond acceptors (Lipinski definition) is 2. The van der Waals surface area contributed by atoms with Crippen LogP contribution in [-0.4, -0.2) is 15.9 Å². The Hall–Kier alpha value is -0.420. The molecule has 7 heteroatoms. The van der Waals surface area contributed by atoms with Crippen molar-refractivity contribution in [1.29, 1.82) is 0 Å². The third-order valence-corrected chi connectivity index (χ3v) is 3.16. The highest BCUT2D eigenvalue weighted by molar-refractivity contribution is 6.68. The first kappa shape index (κ1) is 16.6. The smallest absolute Gasteiger partial charge is 0.262 e. The normalized spacial score (nSPS) is 14.2. The number of halogens is 3. The number of nitrogens with two attached hydrogens (primary N) is 1. The number of carbonyl (C=O) groups is 1. The lowest BCUT2D eigenvalue weighted by Crippen LogP contribution is -2.95. The number of nitrogens with one attached hydrogen (secondary N) is 1. The van der Waals surface area contributed by atoms with Gasteiger partial charge < -0.3 is 15.1 Å². The Morgan fingerprint density at radius 2 is 2.05 bits per heavy atom. The Labute approximate surface area is 127 Å². The molecule has 1 heterocycles.